The highest BCUT2D eigenvalue weighted by Crippen LogP contribution is 2.46. The number of carbonyl (C=O) groups is 1. The number of esters is 1. The molecule has 40 heavy (non-hydrogen) atoms. The number of anilines is 1. The minimum absolute atomic E-state index is 0.0329. The van der Waals surface area contributed by atoms with Crippen molar-refractivity contribution in [3.05, 3.63) is 70.8 Å². The summed E-state index contributed by atoms with van der Waals surface area (Å²) in [5.41, 5.74) is 3.85. The zero-order chi connectivity index (χ0) is 28.7. The van der Waals surface area contributed by atoms with E-state index in [0.717, 1.165) is 61.7 Å². The standard InChI is InChI=1S/C32H41ClN2O4S/c1-6-27(34-40(37)31(2,3)4)25-12-9-23(25)18-35-19-32(15-7-8-21-16-24(33)11-13-26(21)32)20-39-29-14-10-22(17-28(29)35)30(36)38-5/h6,10-11,13-14,16-17,23,25,27,34H,1,7-9,12,15,18-20H2,2-5H3/t23-,25+,27?,32-,40?/m0/s1. The third-order valence-corrected chi connectivity index (χ3v) is 10.7. The number of ether oxygens (including phenoxy) is 2. The Bertz CT molecular complexity index is 1260. The van der Waals surface area contributed by atoms with E-state index in [1.165, 1.54) is 18.2 Å². The maximum atomic E-state index is 12.9. The van der Waals surface area contributed by atoms with Crippen LogP contribution in [-0.2, 0) is 27.9 Å². The Morgan fingerprint density at radius 1 is 1.32 bits per heavy atom. The van der Waals surface area contributed by atoms with Gasteiger partial charge >= 0.3 is 5.97 Å². The van der Waals surface area contributed by atoms with Crippen molar-refractivity contribution in [2.24, 2.45) is 11.8 Å². The van der Waals surface area contributed by atoms with Gasteiger partial charge in [0, 0.05) is 34.9 Å². The van der Waals surface area contributed by atoms with Crippen LogP contribution in [0.4, 0.5) is 5.69 Å². The summed E-state index contributed by atoms with van der Waals surface area (Å²) < 4.78 is 27.5. The summed E-state index contributed by atoms with van der Waals surface area (Å²) >= 11 is 5.22. The van der Waals surface area contributed by atoms with Crippen LogP contribution in [0.1, 0.15) is 67.9 Å². The van der Waals surface area contributed by atoms with Crippen molar-refractivity contribution in [3.63, 3.8) is 0 Å². The van der Waals surface area contributed by atoms with Gasteiger partial charge in [-0.15, -0.1) is 11.3 Å². The minimum atomic E-state index is -1.18. The molecule has 0 amide bonds. The van der Waals surface area contributed by atoms with Crippen LogP contribution in [-0.4, -0.2) is 48.1 Å². The Labute approximate surface area is 246 Å². The minimum Gasteiger partial charge on any atom is -0.598 e. The molecule has 0 radical (unpaired) electrons. The summed E-state index contributed by atoms with van der Waals surface area (Å²) in [6.45, 7) is 12.2. The molecule has 2 unspecified atom stereocenters. The van der Waals surface area contributed by atoms with Crippen LogP contribution in [0.2, 0.25) is 5.02 Å². The molecule has 2 aromatic rings. The molecule has 1 saturated carbocycles. The summed E-state index contributed by atoms with van der Waals surface area (Å²) in [5.74, 6) is 1.13. The number of benzene rings is 2. The number of methoxy groups -OCH3 is 1. The van der Waals surface area contributed by atoms with Gasteiger partial charge in [-0.1, -0.05) is 23.7 Å². The maximum Gasteiger partial charge on any atom is 0.337 e. The highest BCUT2D eigenvalue weighted by atomic mass is 35.5. The monoisotopic (exact) mass is 584 g/mol. The third-order valence-electron chi connectivity index (χ3n) is 8.90. The largest absolute Gasteiger partial charge is 0.598 e. The molecule has 0 aromatic heterocycles. The number of aryl methyl sites for hydroxylation is 1. The average Bonchev–Trinajstić information content (AvgIpc) is 3.06. The van der Waals surface area contributed by atoms with Gasteiger partial charge in [0.25, 0.3) is 0 Å². The number of rotatable bonds is 7. The van der Waals surface area contributed by atoms with Crippen LogP contribution in [0.25, 0.3) is 0 Å². The van der Waals surface area contributed by atoms with Crippen LogP contribution in [0.15, 0.2) is 49.1 Å². The van der Waals surface area contributed by atoms with Crippen molar-refractivity contribution in [3.8, 4) is 5.75 Å². The molecule has 2 aliphatic carbocycles. The number of nitrogens with one attached hydrogen (secondary N) is 1. The van der Waals surface area contributed by atoms with Gasteiger partial charge in [-0.05, 0) is 106 Å². The molecule has 3 aliphatic rings. The Morgan fingerprint density at radius 2 is 2.12 bits per heavy atom. The zero-order valence-electron chi connectivity index (χ0n) is 24.0. The van der Waals surface area contributed by atoms with Crippen molar-refractivity contribution >= 4 is 34.6 Å². The van der Waals surface area contributed by atoms with Gasteiger partial charge in [0.05, 0.1) is 31.0 Å². The Balaban J connectivity index is 1.48. The lowest BCUT2D eigenvalue weighted by molar-refractivity contribution is 0.0600. The molecule has 2 aromatic carbocycles. The van der Waals surface area contributed by atoms with E-state index < -0.39 is 11.4 Å². The number of halogens is 1. The van der Waals surface area contributed by atoms with E-state index in [9.17, 15) is 9.35 Å². The fraction of sp³-hybridized carbons (Fsp3) is 0.531. The molecule has 6 nitrogen and oxygen atoms in total. The second kappa shape index (κ2) is 11.6. The van der Waals surface area contributed by atoms with Crippen LogP contribution in [0.3, 0.4) is 0 Å². The molecule has 0 bridgehead atoms. The van der Waals surface area contributed by atoms with Gasteiger partial charge in [-0.3, -0.25) is 0 Å². The number of hydrogen-bond donors (Lipinski definition) is 1. The molecule has 1 fully saturated rings. The highest BCUT2D eigenvalue weighted by Gasteiger charge is 2.45. The first kappa shape index (κ1) is 29.3. The maximum absolute atomic E-state index is 12.9. The van der Waals surface area contributed by atoms with E-state index in [-0.39, 0.29) is 22.2 Å². The number of hydrogen-bond acceptors (Lipinski definition) is 6. The fourth-order valence-electron chi connectivity index (χ4n) is 6.55. The van der Waals surface area contributed by atoms with Gasteiger partial charge in [0.1, 0.15) is 10.5 Å². The second-order valence-electron chi connectivity index (χ2n) is 12.5. The normalized spacial score (nSPS) is 25.5. The molecule has 0 saturated heterocycles. The molecule has 1 aliphatic heterocycles. The van der Waals surface area contributed by atoms with Gasteiger partial charge in [-0.25, -0.2) is 4.79 Å². The van der Waals surface area contributed by atoms with Crippen molar-refractivity contribution in [2.45, 2.75) is 69.1 Å². The Hall–Kier alpha value is -2.19. The molecule has 8 heteroatoms. The Kier molecular flexibility index (Phi) is 8.49. The second-order valence-corrected chi connectivity index (χ2v) is 15.0. The van der Waals surface area contributed by atoms with Crippen LogP contribution >= 0.6 is 11.6 Å². The van der Waals surface area contributed by atoms with Gasteiger partial charge in [-0.2, -0.15) is 0 Å². The average molecular weight is 585 g/mol. The van der Waals surface area contributed by atoms with Crippen LogP contribution in [0, 0.1) is 11.8 Å². The van der Waals surface area contributed by atoms with E-state index in [4.69, 9.17) is 21.1 Å². The van der Waals surface area contributed by atoms with E-state index >= 15 is 0 Å². The van der Waals surface area contributed by atoms with E-state index in [1.807, 2.05) is 45.0 Å². The molecule has 5 atom stereocenters. The number of carbonyl (C=O) groups excluding carboxylic acids is 1. The first-order valence-corrected chi connectivity index (χ1v) is 15.8. The Morgan fingerprint density at radius 3 is 2.80 bits per heavy atom. The number of fused-ring (bicyclic) bond motifs is 3. The lowest BCUT2D eigenvalue weighted by atomic mass is 9.68. The fourth-order valence-corrected chi connectivity index (χ4v) is 7.61. The van der Waals surface area contributed by atoms with Gasteiger partial charge in [0.15, 0.2) is 0 Å². The predicted molar refractivity (Wildman–Crippen MR) is 163 cm³/mol. The van der Waals surface area contributed by atoms with Crippen LogP contribution in [0.5, 0.6) is 5.75 Å². The molecule has 1 N–H and O–H groups in total. The van der Waals surface area contributed by atoms with Crippen LogP contribution < -0.4 is 14.4 Å². The molecular weight excluding hydrogens is 544 g/mol. The molecule has 5 rings (SSSR count). The molecular formula is C32H41ClN2O4S. The van der Waals surface area contributed by atoms with Gasteiger partial charge in [0.2, 0.25) is 0 Å². The zero-order valence-corrected chi connectivity index (χ0v) is 25.6. The smallest absolute Gasteiger partial charge is 0.337 e. The van der Waals surface area contributed by atoms with Crippen molar-refractivity contribution in [1.29, 1.82) is 0 Å². The molecule has 1 heterocycles. The van der Waals surface area contributed by atoms with E-state index in [1.54, 1.807) is 6.07 Å². The topological polar surface area (TPSA) is 73.9 Å². The lowest BCUT2D eigenvalue weighted by Gasteiger charge is -2.46. The third kappa shape index (κ3) is 5.76. The van der Waals surface area contributed by atoms with E-state index in [0.29, 0.717) is 24.0 Å². The predicted octanol–water partition coefficient (Wildman–Crippen LogP) is 6.23. The lowest BCUT2D eigenvalue weighted by Crippen LogP contribution is -2.53. The first-order valence-electron chi connectivity index (χ1n) is 14.2. The summed E-state index contributed by atoms with van der Waals surface area (Å²) in [6, 6.07) is 11.8. The highest BCUT2D eigenvalue weighted by molar-refractivity contribution is 7.90. The summed E-state index contributed by atoms with van der Waals surface area (Å²) in [6.07, 6.45) is 7.16. The SMILES string of the molecule is C=CC(N[S+]([O-])C(C)(C)C)[C@@H]1CC[C@H]1CN1C[C@@]2(CCCc3cc(Cl)ccc32)COc2ccc(C(=O)OC)cc21. The van der Waals surface area contributed by atoms with Crippen molar-refractivity contribution in [1.82, 2.24) is 4.72 Å². The molecule has 216 valence electrons. The summed E-state index contributed by atoms with van der Waals surface area (Å²) in [5, 5.41) is 0.765. The quantitative estimate of drug-likeness (QED) is 0.236. The van der Waals surface area contributed by atoms with Gasteiger partial charge < -0.3 is 18.9 Å². The summed E-state index contributed by atoms with van der Waals surface area (Å²) in [7, 11) is 1.41. The van der Waals surface area contributed by atoms with Crippen molar-refractivity contribution < 1.29 is 18.8 Å². The number of nitrogens with zero attached hydrogens (tertiary/aromatic N) is 1. The molecule has 1 spiro atoms. The van der Waals surface area contributed by atoms with E-state index in [2.05, 4.69) is 28.3 Å². The first-order chi connectivity index (χ1) is 19.0. The van der Waals surface area contributed by atoms with Crippen molar-refractivity contribution in [2.75, 3.05) is 31.7 Å². The summed E-state index contributed by atoms with van der Waals surface area (Å²) in [4.78, 5) is 14.9.